The number of hydrogen-bond acceptors (Lipinski definition) is 3. The molecule has 0 fully saturated rings. The fraction of sp³-hybridized carbons (Fsp3) is 0. The van der Waals surface area contributed by atoms with E-state index < -0.39 is 0 Å². The fourth-order valence-corrected chi connectivity index (χ4v) is 8.81. The van der Waals surface area contributed by atoms with Gasteiger partial charge in [-0.15, -0.1) is 0 Å². The summed E-state index contributed by atoms with van der Waals surface area (Å²) >= 11 is 0. The predicted molar refractivity (Wildman–Crippen MR) is 274 cm³/mol. The molecule has 10 aromatic carbocycles. The molecular weight excluding hydrogens is 799 g/mol. The normalized spacial score (nSPS) is 11.0. The lowest BCUT2D eigenvalue weighted by Gasteiger charge is -2.17. The summed E-state index contributed by atoms with van der Waals surface area (Å²) in [4.78, 5) is 15.7. The van der Waals surface area contributed by atoms with Gasteiger partial charge in [-0.25, -0.2) is 15.0 Å². The van der Waals surface area contributed by atoms with Gasteiger partial charge in [0, 0.05) is 16.7 Å². The highest BCUT2D eigenvalue weighted by atomic mass is 15.0. The molecular formula is C63H43N3. The molecule has 0 bridgehead atoms. The maximum Gasteiger partial charge on any atom is 0.164 e. The Hall–Kier alpha value is -8.79. The summed E-state index contributed by atoms with van der Waals surface area (Å²) in [6.45, 7) is 0. The van der Waals surface area contributed by atoms with E-state index in [4.69, 9.17) is 15.0 Å². The van der Waals surface area contributed by atoms with Crippen molar-refractivity contribution in [2.75, 3.05) is 0 Å². The van der Waals surface area contributed by atoms with Crippen LogP contribution in [-0.2, 0) is 0 Å². The van der Waals surface area contributed by atoms with E-state index in [1.54, 1.807) is 0 Å². The van der Waals surface area contributed by atoms with E-state index in [2.05, 4.69) is 237 Å². The second kappa shape index (κ2) is 18.1. The molecule has 1 aromatic heterocycles. The second-order valence-electron chi connectivity index (χ2n) is 16.4. The number of hydrogen-bond donors (Lipinski definition) is 0. The molecule has 0 spiro atoms. The van der Waals surface area contributed by atoms with Gasteiger partial charge in [-0.1, -0.05) is 224 Å². The van der Waals surface area contributed by atoms with Gasteiger partial charge in [-0.3, -0.25) is 0 Å². The standard InChI is InChI=1S/C63H43N3/c1-7-20-44(21-8-1)50-32-19-33-53(38-50)62-64-61(49-30-17-6-18-31-49)65-63(66-62)56-40-54(51-34-36-57(45-22-9-2-10-23-45)59(42-51)47-26-13-4-14-27-47)39-55(41-56)52-35-37-58(46-24-11-3-12-25-46)60(43-52)48-28-15-5-16-29-48/h1-43H. The van der Waals surface area contributed by atoms with Crippen LogP contribution in [0.3, 0.4) is 0 Å². The molecule has 0 atom stereocenters. The minimum Gasteiger partial charge on any atom is -0.208 e. The molecule has 0 aliphatic rings. The monoisotopic (exact) mass is 841 g/mol. The quantitative estimate of drug-likeness (QED) is 0.138. The molecule has 0 saturated heterocycles. The zero-order valence-corrected chi connectivity index (χ0v) is 36.2. The fourth-order valence-electron chi connectivity index (χ4n) is 8.81. The highest BCUT2D eigenvalue weighted by Crippen LogP contribution is 2.41. The average Bonchev–Trinajstić information content (AvgIpc) is 3.42. The smallest absolute Gasteiger partial charge is 0.164 e. The molecule has 66 heavy (non-hydrogen) atoms. The van der Waals surface area contributed by atoms with Crippen LogP contribution in [0.2, 0.25) is 0 Å². The first-order valence-corrected chi connectivity index (χ1v) is 22.3. The molecule has 0 amide bonds. The van der Waals surface area contributed by atoms with Gasteiger partial charge in [0.05, 0.1) is 0 Å². The van der Waals surface area contributed by atoms with E-state index in [9.17, 15) is 0 Å². The van der Waals surface area contributed by atoms with Crippen LogP contribution in [0.15, 0.2) is 261 Å². The summed E-state index contributed by atoms with van der Waals surface area (Å²) in [7, 11) is 0. The molecule has 11 aromatic rings. The van der Waals surface area contributed by atoms with Gasteiger partial charge < -0.3 is 0 Å². The first-order chi connectivity index (χ1) is 32.7. The van der Waals surface area contributed by atoms with Crippen LogP contribution >= 0.6 is 0 Å². The maximum absolute atomic E-state index is 5.32. The zero-order chi connectivity index (χ0) is 44.1. The Balaban J connectivity index is 1.14. The first kappa shape index (κ1) is 40.0. The van der Waals surface area contributed by atoms with Crippen molar-refractivity contribution >= 4 is 0 Å². The van der Waals surface area contributed by atoms with Crippen molar-refractivity contribution in [2.45, 2.75) is 0 Å². The van der Waals surface area contributed by atoms with Gasteiger partial charge in [0.25, 0.3) is 0 Å². The molecule has 0 unspecified atom stereocenters. The summed E-state index contributed by atoms with van der Waals surface area (Å²) in [6, 6.07) is 92.2. The van der Waals surface area contributed by atoms with Crippen LogP contribution < -0.4 is 0 Å². The van der Waals surface area contributed by atoms with Gasteiger partial charge in [-0.2, -0.15) is 0 Å². The van der Waals surface area contributed by atoms with Gasteiger partial charge in [-0.05, 0) is 114 Å². The molecule has 1 heterocycles. The van der Waals surface area contributed by atoms with Crippen LogP contribution in [0.5, 0.6) is 0 Å². The number of rotatable bonds is 10. The van der Waals surface area contributed by atoms with E-state index in [0.717, 1.165) is 72.3 Å². The zero-order valence-electron chi connectivity index (χ0n) is 36.2. The molecule has 0 radical (unpaired) electrons. The SMILES string of the molecule is c1ccc(-c2cccc(-c3nc(-c4ccccc4)nc(-c4cc(-c5ccc(-c6ccccc6)c(-c6ccccc6)c5)cc(-c5ccc(-c6ccccc6)c(-c6ccccc6)c5)c4)n3)c2)cc1. The second-order valence-corrected chi connectivity index (χ2v) is 16.4. The summed E-state index contributed by atoms with van der Waals surface area (Å²) in [5.74, 6) is 1.83. The molecule has 3 heteroatoms. The summed E-state index contributed by atoms with van der Waals surface area (Å²) in [5, 5.41) is 0. The Bertz CT molecular complexity index is 3280. The minimum atomic E-state index is 0.598. The largest absolute Gasteiger partial charge is 0.208 e. The van der Waals surface area contributed by atoms with Crippen molar-refractivity contribution in [3.05, 3.63) is 261 Å². The predicted octanol–water partition coefficient (Wildman–Crippen LogP) is 16.5. The molecule has 310 valence electrons. The Labute approximate surface area is 386 Å². The van der Waals surface area contributed by atoms with Crippen molar-refractivity contribution in [3.63, 3.8) is 0 Å². The average molecular weight is 842 g/mol. The Morgan fingerprint density at radius 2 is 0.439 bits per heavy atom. The topological polar surface area (TPSA) is 38.7 Å². The molecule has 0 saturated carbocycles. The van der Waals surface area contributed by atoms with E-state index >= 15 is 0 Å². The highest BCUT2D eigenvalue weighted by molar-refractivity contribution is 5.91. The van der Waals surface area contributed by atoms with Gasteiger partial charge in [0.1, 0.15) is 0 Å². The van der Waals surface area contributed by atoms with Gasteiger partial charge >= 0.3 is 0 Å². The minimum absolute atomic E-state index is 0.598. The lowest BCUT2D eigenvalue weighted by Crippen LogP contribution is -2.01. The first-order valence-electron chi connectivity index (χ1n) is 22.3. The van der Waals surface area contributed by atoms with E-state index in [1.165, 1.54) is 22.3 Å². The Morgan fingerprint density at radius 1 is 0.152 bits per heavy atom. The third kappa shape index (κ3) is 8.37. The highest BCUT2D eigenvalue weighted by Gasteiger charge is 2.18. The Kier molecular flexibility index (Phi) is 11.0. The number of benzene rings is 10. The maximum atomic E-state index is 5.32. The third-order valence-electron chi connectivity index (χ3n) is 12.1. The molecule has 0 N–H and O–H groups in total. The van der Waals surface area contributed by atoms with Crippen LogP contribution in [0.25, 0.3) is 112 Å². The number of nitrogens with zero attached hydrogens (tertiary/aromatic N) is 3. The number of aromatic nitrogens is 3. The van der Waals surface area contributed by atoms with Crippen molar-refractivity contribution in [2.24, 2.45) is 0 Å². The molecule has 3 nitrogen and oxygen atoms in total. The molecule has 0 aliphatic heterocycles. The molecule has 0 aliphatic carbocycles. The van der Waals surface area contributed by atoms with Crippen LogP contribution in [0, 0.1) is 0 Å². The van der Waals surface area contributed by atoms with Gasteiger partial charge in [0.15, 0.2) is 17.5 Å². The van der Waals surface area contributed by atoms with Crippen molar-refractivity contribution in [3.8, 4) is 112 Å². The summed E-state index contributed by atoms with van der Waals surface area (Å²) in [6.07, 6.45) is 0. The lowest BCUT2D eigenvalue weighted by molar-refractivity contribution is 1.07. The summed E-state index contributed by atoms with van der Waals surface area (Å²) in [5.41, 5.74) is 18.6. The van der Waals surface area contributed by atoms with Crippen molar-refractivity contribution in [1.29, 1.82) is 0 Å². The van der Waals surface area contributed by atoms with Crippen molar-refractivity contribution < 1.29 is 0 Å². The van der Waals surface area contributed by atoms with Crippen molar-refractivity contribution in [1.82, 2.24) is 15.0 Å². The Morgan fingerprint density at radius 3 is 0.879 bits per heavy atom. The van der Waals surface area contributed by atoms with E-state index in [0.29, 0.717) is 17.5 Å². The van der Waals surface area contributed by atoms with Gasteiger partial charge in [0.2, 0.25) is 0 Å². The van der Waals surface area contributed by atoms with E-state index in [1.807, 2.05) is 24.3 Å². The lowest BCUT2D eigenvalue weighted by atomic mass is 9.88. The van der Waals surface area contributed by atoms with Crippen LogP contribution in [0.1, 0.15) is 0 Å². The van der Waals surface area contributed by atoms with E-state index in [-0.39, 0.29) is 0 Å². The van der Waals surface area contributed by atoms with Crippen LogP contribution in [-0.4, -0.2) is 15.0 Å². The third-order valence-corrected chi connectivity index (χ3v) is 12.1. The van der Waals surface area contributed by atoms with Crippen LogP contribution in [0.4, 0.5) is 0 Å². The summed E-state index contributed by atoms with van der Waals surface area (Å²) < 4.78 is 0. The molecule has 11 rings (SSSR count).